The topological polar surface area (TPSA) is 75.9 Å². The molecule has 0 radical (unpaired) electrons. The highest BCUT2D eigenvalue weighted by atomic mass is 15.3. The molecule has 3 aliphatic rings. The Morgan fingerprint density at radius 2 is 2.00 bits per heavy atom. The second-order valence-electron chi connectivity index (χ2n) is 6.03. The summed E-state index contributed by atoms with van der Waals surface area (Å²) in [6, 6.07) is 0.649. The van der Waals surface area contributed by atoms with Crippen LogP contribution in [0.4, 0.5) is 11.8 Å². The molecule has 1 aromatic rings. The van der Waals surface area contributed by atoms with Crippen molar-refractivity contribution in [2.75, 3.05) is 10.7 Å². The van der Waals surface area contributed by atoms with E-state index in [1.807, 2.05) is 13.1 Å². The summed E-state index contributed by atoms with van der Waals surface area (Å²) in [4.78, 5) is 8.52. The lowest BCUT2D eigenvalue weighted by Gasteiger charge is -2.13. The summed E-state index contributed by atoms with van der Waals surface area (Å²) in [6.45, 7) is 2.04. The zero-order valence-electron chi connectivity index (χ0n) is 10.6. The molecule has 4 N–H and O–H groups in total. The molecular formula is C13H19N5. The fraction of sp³-hybridized carbons (Fsp3) is 0.692. The Bertz CT molecular complexity index is 472. The second-order valence-corrected chi connectivity index (χ2v) is 6.03. The number of hydrogen-bond donors (Lipinski definition) is 3. The summed E-state index contributed by atoms with van der Waals surface area (Å²) in [5.74, 6) is 10.6. The predicted molar refractivity (Wildman–Crippen MR) is 69.8 cm³/mol. The van der Waals surface area contributed by atoms with Gasteiger partial charge in [-0.15, -0.1) is 0 Å². The number of hydrogen-bond acceptors (Lipinski definition) is 5. The second kappa shape index (κ2) is 3.57. The van der Waals surface area contributed by atoms with Gasteiger partial charge in [-0.05, 0) is 49.9 Å². The number of nitrogen functional groups attached to an aromatic ring is 1. The molecule has 0 aromatic carbocycles. The third-order valence-corrected chi connectivity index (χ3v) is 5.14. The van der Waals surface area contributed by atoms with E-state index in [1.54, 1.807) is 0 Å². The largest absolute Gasteiger partial charge is 0.366 e. The molecule has 5 nitrogen and oxygen atoms in total. The molecule has 0 saturated heterocycles. The molecular weight excluding hydrogens is 226 g/mol. The average molecular weight is 245 g/mol. The number of fused-ring (bicyclic) bond motifs is 5. The lowest BCUT2D eigenvalue weighted by molar-refractivity contribution is 0.456. The SMILES string of the molecule is Cc1cnc(NN)nc1NC1C2C3CCC(C3)C12. The molecule has 0 aliphatic heterocycles. The number of nitrogens with one attached hydrogen (secondary N) is 2. The van der Waals surface area contributed by atoms with Crippen LogP contribution in [0.3, 0.4) is 0 Å². The van der Waals surface area contributed by atoms with E-state index in [4.69, 9.17) is 5.84 Å². The van der Waals surface area contributed by atoms with Crippen molar-refractivity contribution in [1.29, 1.82) is 0 Å². The molecule has 3 fully saturated rings. The maximum absolute atomic E-state index is 5.36. The first-order valence-corrected chi connectivity index (χ1v) is 6.84. The smallest absolute Gasteiger partial charge is 0.239 e. The van der Waals surface area contributed by atoms with Crippen LogP contribution >= 0.6 is 0 Å². The van der Waals surface area contributed by atoms with Crippen LogP contribution < -0.4 is 16.6 Å². The van der Waals surface area contributed by atoms with Crippen LogP contribution in [-0.2, 0) is 0 Å². The van der Waals surface area contributed by atoms with Crippen LogP contribution in [-0.4, -0.2) is 16.0 Å². The van der Waals surface area contributed by atoms with Gasteiger partial charge in [-0.1, -0.05) is 0 Å². The van der Waals surface area contributed by atoms with Crippen molar-refractivity contribution in [3.05, 3.63) is 11.8 Å². The number of rotatable bonds is 3. The van der Waals surface area contributed by atoms with E-state index < -0.39 is 0 Å². The van der Waals surface area contributed by atoms with E-state index in [0.29, 0.717) is 12.0 Å². The molecule has 2 bridgehead atoms. The van der Waals surface area contributed by atoms with Gasteiger partial charge in [0.05, 0.1) is 0 Å². The van der Waals surface area contributed by atoms with Crippen LogP contribution in [0.1, 0.15) is 24.8 Å². The van der Waals surface area contributed by atoms with Crippen LogP contribution in [0.2, 0.25) is 0 Å². The summed E-state index contributed by atoms with van der Waals surface area (Å²) < 4.78 is 0. The molecule has 4 unspecified atom stereocenters. The lowest BCUT2D eigenvalue weighted by atomic mass is 10.0. The summed E-state index contributed by atoms with van der Waals surface area (Å²) >= 11 is 0. The van der Waals surface area contributed by atoms with Gasteiger partial charge in [-0.2, -0.15) is 4.98 Å². The molecule has 1 aromatic heterocycles. The average Bonchev–Trinajstić information content (AvgIpc) is 2.79. The van der Waals surface area contributed by atoms with E-state index in [0.717, 1.165) is 35.1 Å². The van der Waals surface area contributed by atoms with Gasteiger partial charge in [0.25, 0.3) is 0 Å². The van der Waals surface area contributed by atoms with Crippen LogP contribution in [0.15, 0.2) is 6.20 Å². The Balaban J connectivity index is 1.53. The highest BCUT2D eigenvalue weighted by Crippen LogP contribution is 2.66. The molecule has 3 aliphatic carbocycles. The minimum atomic E-state index is 0.483. The van der Waals surface area contributed by atoms with Crippen molar-refractivity contribution in [1.82, 2.24) is 9.97 Å². The first-order chi connectivity index (χ1) is 8.78. The highest BCUT2D eigenvalue weighted by Gasteiger charge is 2.65. The van der Waals surface area contributed by atoms with Gasteiger partial charge >= 0.3 is 0 Å². The van der Waals surface area contributed by atoms with Crippen molar-refractivity contribution in [3.8, 4) is 0 Å². The monoisotopic (exact) mass is 245 g/mol. The molecule has 0 amide bonds. The van der Waals surface area contributed by atoms with Gasteiger partial charge in [-0.25, -0.2) is 10.8 Å². The van der Waals surface area contributed by atoms with Gasteiger partial charge in [0.1, 0.15) is 5.82 Å². The third kappa shape index (κ3) is 1.37. The standard InChI is InChI=1S/C13H19N5/c1-6-5-15-13(18-14)17-12(6)16-11-9-7-2-3-8(4-7)10(9)11/h5,7-11H,2-4,14H2,1H3,(H2,15,16,17,18). The fourth-order valence-corrected chi connectivity index (χ4v) is 4.33. The normalized spacial score (nSPS) is 39.6. The van der Waals surface area contributed by atoms with Crippen LogP contribution in [0, 0.1) is 30.6 Å². The fourth-order valence-electron chi connectivity index (χ4n) is 4.33. The summed E-state index contributed by atoms with van der Waals surface area (Å²) in [5.41, 5.74) is 3.60. The number of anilines is 2. The summed E-state index contributed by atoms with van der Waals surface area (Å²) in [7, 11) is 0. The Hall–Kier alpha value is -1.36. The lowest BCUT2D eigenvalue weighted by Crippen LogP contribution is -2.17. The number of nitrogens with two attached hydrogens (primary N) is 1. The van der Waals surface area contributed by atoms with Crippen molar-refractivity contribution in [2.45, 2.75) is 32.2 Å². The number of aryl methyl sites for hydroxylation is 1. The Morgan fingerprint density at radius 1 is 1.28 bits per heavy atom. The minimum Gasteiger partial charge on any atom is -0.366 e. The third-order valence-electron chi connectivity index (χ3n) is 5.14. The van der Waals surface area contributed by atoms with Gasteiger partial charge in [0.2, 0.25) is 5.95 Å². The molecule has 18 heavy (non-hydrogen) atoms. The van der Waals surface area contributed by atoms with Gasteiger partial charge in [0.15, 0.2) is 0 Å². The molecule has 0 spiro atoms. The van der Waals surface area contributed by atoms with Crippen molar-refractivity contribution < 1.29 is 0 Å². The molecule has 3 saturated carbocycles. The predicted octanol–water partition coefficient (Wildman–Crippen LogP) is 1.53. The number of nitrogens with zero attached hydrogens (tertiary/aromatic N) is 2. The Labute approximate surface area is 107 Å². The first-order valence-electron chi connectivity index (χ1n) is 6.84. The zero-order chi connectivity index (χ0) is 12.3. The van der Waals surface area contributed by atoms with E-state index in [1.165, 1.54) is 19.3 Å². The number of hydrazine groups is 1. The van der Waals surface area contributed by atoms with E-state index in [-0.39, 0.29) is 0 Å². The van der Waals surface area contributed by atoms with Gasteiger partial charge in [0, 0.05) is 17.8 Å². The summed E-state index contributed by atoms with van der Waals surface area (Å²) in [6.07, 6.45) is 6.19. The first kappa shape index (κ1) is 10.6. The molecule has 1 heterocycles. The summed E-state index contributed by atoms with van der Waals surface area (Å²) in [5, 5.41) is 3.62. The van der Waals surface area contributed by atoms with E-state index in [2.05, 4.69) is 20.7 Å². The number of aromatic nitrogens is 2. The van der Waals surface area contributed by atoms with Crippen LogP contribution in [0.5, 0.6) is 0 Å². The van der Waals surface area contributed by atoms with Crippen molar-refractivity contribution in [2.24, 2.45) is 29.5 Å². The van der Waals surface area contributed by atoms with Crippen molar-refractivity contribution in [3.63, 3.8) is 0 Å². The van der Waals surface area contributed by atoms with Crippen molar-refractivity contribution >= 4 is 11.8 Å². The Kier molecular flexibility index (Phi) is 2.09. The molecule has 96 valence electrons. The van der Waals surface area contributed by atoms with Gasteiger partial charge in [-0.3, -0.25) is 5.43 Å². The quantitative estimate of drug-likeness (QED) is 0.556. The zero-order valence-corrected chi connectivity index (χ0v) is 10.6. The van der Waals surface area contributed by atoms with Gasteiger partial charge < -0.3 is 5.32 Å². The molecule has 4 atom stereocenters. The van der Waals surface area contributed by atoms with E-state index in [9.17, 15) is 0 Å². The molecule has 4 rings (SSSR count). The Morgan fingerprint density at radius 3 is 2.67 bits per heavy atom. The minimum absolute atomic E-state index is 0.483. The maximum atomic E-state index is 5.36. The highest BCUT2D eigenvalue weighted by molar-refractivity contribution is 5.49. The van der Waals surface area contributed by atoms with E-state index >= 15 is 0 Å². The molecule has 5 heteroatoms. The van der Waals surface area contributed by atoms with Crippen LogP contribution in [0.25, 0.3) is 0 Å². The maximum Gasteiger partial charge on any atom is 0.239 e.